The first-order valence-corrected chi connectivity index (χ1v) is 4.80. The molecule has 2 nitrogen and oxygen atoms in total. The van der Waals surface area contributed by atoms with Crippen LogP contribution in [-0.2, 0) is 39.8 Å². The van der Waals surface area contributed by atoms with Crippen LogP contribution in [0.5, 0.6) is 0 Å². The first-order valence-electron chi connectivity index (χ1n) is 4.80. The molecule has 0 saturated heterocycles. The zero-order chi connectivity index (χ0) is 9.71. The molecule has 3 aromatic rings. The molecule has 1 radical (unpaired) electrons. The number of imidazole rings is 1. The van der Waals surface area contributed by atoms with Crippen LogP contribution in [0.15, 0.2) is 36.7 Å². The van der Waals surface area contributed by atoms with E-state index in [9.17, 15) is 0 Å². The molecule has 2 heterocycles. The zero-order valence-corrected chi connectivity index (χ0v) is 11.8. The molecule has 15 heavy (non-hydrogen) atoms. The van der Waals surface area contributed by atoms with E-state index in [1.165, 1.54) is 22.1 Å². The number of benzene rings is 1. The van der Waals surface area contributed by atoms with Gasteiger partial charge in [0.25, 0.3) is 0 Å². The molecule has 0 N–H and O–H groups in total. The van der Waals surface area contributed by atoms with Crippen LogP contribution >= 0.6 is 0 Å². The van der Waals surface area contributed by atoms with Gasteiger partial charge in [-0.1, -0.05) is 23.6 Å². The van der Waals surface area contributed by atoms with Crippen molar-refractivity contribution in [3.05, 3.63) is 42.4 Å². The Kier molecular flexibility index (Phi) is 2.74. The van der Waals surface area contributed by atoms with Gasteiger partial charge in [-0.2, -0.15) is 0 Å². The van der Waals surface area contributed by atoms with Crippen LogP contribution < -0.4 is 4.40 Å². The van der Waals surface area contributed by atoms with Crippen molar-refractivity contribution in [3.8, 4) is 0 Å². The van der Waals surface area contributed by atoms with Crippen LogP contribution in [-0.4, -0.2) is 4.57 Å². The summed E-state index contributed by atoms with van der Waals surface area (Å²) in [7, 11) is 2.08. The minimum absolute atomic E-state index is 0. The summed E-state index contributed by atoms with van der Waals surface area (Å²) in [5.74, 6) is 0. The van der Waals surface area contributed by atoms with Gasteiger partial charge in [-0.3, -0.25) is 4.57 Å². The van der Waals surface area contributed by atoms with Crippen molar-refractivity contribution in [3.63, 3.8) is 0 Å². The molecule has 0 aliphatic carbocycles. The molecule has 0 saturated carbocycles. The van der Waals surface area contributed by atoms with Crippen LogP contribution in [0, 0.1) is 6.92 Å². The van der Waals surface area contributed by atoms with Gasteiger partial charge in [0, 0.05) is 38.4 Å². The minimum atomic E-state index is 0. The van der Waals surface area contributed by atoms with Crippen LogP contribution in [0.25, 0.3) is 16.4 Å². The SMILES string of the molecule is C[c-]1c2ccccc2c2n(C)cc[n+]21.[Y]. The van der Waals surface area contributed by atoms with Gasteiger partial charge < -0.3 is 4.40 Å². The van der Waals surface area contributed by atoms with Gasteiger partial charge in [0.15, 0.2) is 5.65 Å². The largest absolute Gasteiger partial charge is 0.302 e. The molecule has 0 aliphatic rings. The molecule has 0 fully saturated rings. The second-order valence-corrected chi connectivity index (χ2v) is 3.73. The van der Waals surface area contributed by atoms with E-state index in [4.69, 9.17) is 0 Å². The Morgan fingerprint density at radius 3 is 2.80 bits per heavy atom. The number of aromatic nitrogens is 2. The standard InChI is InChI=1S/C12H12N2.Y/c1-9-10-5-3-4-6-11(10)12-13(2)7-8-14(9)12;/h3-8H,1-2H3;. The van der Waals surface area contributed by atoms with Crippen LogP contribution in [0.1, 0.15) is 5.69 Å². The van der Waals surface area contributed by atoms with Gasteiger partial charge in [-0.05, 0) is 12.3 Å². The summed E-state index contributed by atoms with van der Waals surface area (Å²) < 4.78 is 4.40. The predicted molar refractivity (Wildman–Crippen MR) is 56.4 cm³/mol. The molecule has 0 amide bonds. The fraction of sp³-hybridized carbons (Fsp3) is 0.167. The quantitative estimate of drug-likeness (QED) is 0.437. The molecule has 0 bridgehead atoms. The third-order valence-electron chi connectivity index (χ3n) is 2.92. The van der Waals surface area contributed by atoms with E-state index in [2.05, 4.69) is 59.6 Å². The topological polar surface area (TPSA) is 9.03 Å². The third-order valence-corrected chi connectivity index (χ3v) is 2.92. The Balaban J connectivity index is 0.000000853. The van der Waals surface area contributed by atoms with Gasteiger partial charge in [-0.25, -0.2) is 0 Å². The normalized spacial score (nSPS) is 10.8. The summed E-state index contributed by atoms with van der Waals surface area (Å²) in [6.45, 7) is 2.16. The molecule has 0 spiro atoms. The van der Waals surface area contributed by atoms with E-state index in [1.54, 1.807) is 0 Å². The number of nitrogens with zero attached hydrogens (tertiary/aromatic N) is 2. The van der Waals surface area contributed by atoms with Crippen molar-refractivity contribution in [1.29, 1.82) is 0 Å². The number of fused-ring (bicyclic) bond motifs is 3. The summed E-state index contributed by atoms with van der Waals surface area (Å²) in [6, 6.07) is 8.54. The number of aryl methyl sites for hydroxylation is 2. The maximum Gasteiger partial charge on any atom is 0.196 e. The number of hydrogen-bond donors (Lipinski definition) is 0. The molecular formula is C12H12N2Y. The first kappa shape index (κ1) is 10.9. The van der Waals surface area contributed by atoms with E-state index in [0.29, 0.717) is 0 Å². The van der Waals surface area contributed by atoms with E-state index in [0.717, 1.165) is 0 Å². The van der Waals surface area contributed by atoms with Crippen LogP contribution in [0.2, 0.25) is 0 Å². The maximum atomic E-state index is 2.24. The van der Waals surface area contributed by atoms with Crippen molar-refractivity contribution in [2.24, 2.45) is 7.05 Å². The summed E-state index contributed by atoms with van der Waals surface area (Å²) in [4.78, 5) is 0. The van der Waals surface area contributed by atoms with Crippen molar-refractivity contribution < 1.29 is 37.1 Å². The monoisotopic (exact) mass is 273 g/mol. The fourth-order valence-electron chi connectivity index (χ4n) is 2.19. The zero-order valence-electron chi connectivity index (χ0n) is 8.94. The third kappa shape index (κ3) is 1.39. The number of rotatable bonds is 0. The average Bonchev–Trinajstić information content (AvgIpc) is 2.70. The summed E-state index contributed by atoms with van der Waals surface area (Å²) in [5.41, 5.74) is 2.59. The van der Waals surface area contributed by atoms with Gasteiger partial charge >= 0.3 is 0 Å². The fourth-order valence-corrected chi connectivity index (χ4v) is 2.19. The van der Waals surface area contributed by atoms with E-state index in [-0.39, 0.29) is 32.7 Å². The Bertz CT molecular complexity index is 619. The van der Waals surface area contributed by atoms with Crippen molar-refractivity contribution in [2.45, 2.75) is 6.92 Å². The van der Waals surface area contributed by atoms with E-state index >= 15 is 0 Å². The molecule has 3 heteroatoms. The van der Waals surface area contributed by atoms with Crippen molar-refractivity contribution >= 4 is 16.4 Å². The molecule has 0 aliphatic heterocycles. The molecule has 0 atom stereocenters. The van der Waals surface area contributed by atoms with Gasteiger partial charge in [-0.15, -0.1) is 6.07 Å². The first-order chi connectivity index (χ1) is 6.79. The molecular weight excluding hydrogens is 261 g/mol. The van der Waals surface area contributed by atoms with Crippen LogP contribution in [0.4, 0.5) is 0 Å². The Labute approximate surface area is 114 Å². The van der Waals surface area contributed by atoms with E-state index in [1.807, 2.05) is 0 Å². The van der Waals surface area contributed by atoms with Gasteiger partial charge in [0.05, 0.1) is 19.4 Å². The molecule has 0 unspecified atom stereocenters. The maximum absolute atomic E-state index is 2.24. The Morgan fingerprint density at radius 1 is 1.27 bits per heavy atom. The second-order valence-electron chi connectivity index (χ2n) is 3.73. The Morgan fingerprint density at radius 2 is 2.00 bits per heavy atom. The molecule has 3 rings (SSSR count). The molecule has 1 aromatic carbocycles. The Hall–Kier alpha value is -0.596. The number of hydrogen-bond acceptors (Lipinski definition) is 0. The van der Waals surface area contributed by atoms with Gasteiger partial charge in [0.1, 0.15) is 0 Å². The summed E-state index contributed by atoms with van der Waals surface area (Å²) >= 11 is 0. The smallest absolute Gasteiger partial charge is 0.196 e. The van der Waals surface area contributed by atoms with Gasteiger partial charge in [0.2, 0.25) is 0 Å². The molecule has 2 aromatic heterocycles. The molecule has 73 valence electrons. The van der Waals surface area contributed by atoms with E-state index < -0.39 is 0 Å². The summed E-state index contributed by atoms with van der Waals surface area (Å²) in [5, 5.41) is 2.68. The van der Waals surface area contributed by atoms with Crippen molar-refractivity contribution in [1.82, 2.24) is 4.57 Å². The minimum Gasteiger partial charge on any atom is -0.302 e. The predicted octanol–water partition coefficient (Wildman–Crippen LogP) is 1.94. The second kappa shape index (κ2) is 3.77. The summed E-state index contributed by atoms with van der Waals surface area (Å²) in [6.07, 6.45) is 4.21. The van der Waals surface area contributed by atoms with Crippen molar-refractivity contribution in [2.75, 3.05) is 0 Å². The average molecular weight is 273 g/mol. The van der Waals surface area contributed by atoms with Crippen LogP contribution in [0.3, 0.4) is 0 Å².